The van der Waals surface area contributed by atoms with Gasteiger partial charge in [0.1, 0.15) is 6.17 Å². The van der Waals surface area contributed by atoms with E-state index in [0.29, 0.717) is 18.3 Å². The van der Waals surface area contributed by atoms with Crippen LogP contribution in [0.5, 0.6) is 0 Å². The van der Waals surface area contributed by atoms with Gasteiger partial charge in [0.15, 0.2) is 5.66 Å². The zero-order valence-electron chi connectivity index (χ0n) is 14.1. The second-order valence-electron chi connectivity index (χ2n) is 6.83. The number of nitrogens with one attached hydrogen (secondary N) is 2. The first-order chi connectivity index (χ1) is 12.7. The number of aromatic nitrogens is 2. The fourth-order valence-corrected chi connectivity index (χ4v) is 4.40. The van der Waals surface area contributed by atoms with Crippen LogP contribution in [-0.2, 0) is 4.79 Å². The number of imidazole rings is 1. The van der Waals surface area contributed by atoms with Crippen LogP contribution in [0.15, 0.2) is 53.5 Å². The molecule has 1 aromatic heterocycles. The quantitative estimate of drug-likeness (QED) is 0.711. The Morgan fingerprint density at radius 3 is 2.85 bits per heavy atom. The van der Waals surface area contributed by atoms with Crippen LogP contribution < -0.4 is 10.6 Å². The summed E-state index contributed by atoms with van der Waals surface area (Å²) in [6.45, 7) is 2.02. The molecule has 0 aliphatic carbocycles. The standard InChI is InChI=1S/C19H16N6O/c1-2-19-16(26)21-18-22-17-20-13-9-5-6-10-14(13)24(17)15(25(18)19)11-7-3-4-8-12(11)23-19/h3-10,15,23H,2H2,1H3,(H,20,21,22,26). The van der Waals surface area contributed by atoms with Gasteiger partial charge in [0, 0.05) is 11.3 Å². The van der Waals surface area contributed by atoms with E-state index >= 15 is 0 Å². The third-order valence-corrected chi connectivity index (χ3v) is 5.60. The molecule has 2 atom stereocenters. The van der Waals surface area contributed by atoms with Crippen molar-refractivity contribution in [1.29, 1.82) is 0 Å². The number of para-hydroxylation sites is 3. The van der Waals surface area contributed by atoms with Crippen molar-refractivity contribution < 1.29 is 4.79 Å². The number of guanidine groups is 1. The number of benzene rings is 2. The van der Waals surface area contributed by atoms with Crippen LogP contribution in [0.3, 0.4) is 0 Å². The molecular weight excluding hydrogens is 328 g/mol. The highest BCUT2D eigenvalue weighted by Crippen LogP contribution is 2.48. The smallest absolute Gasteiger partial charge is 0.273 e. The second-order valence-corrected chi connectivity index (χ2v) is 6.83. The molecular formula is C19H16N6O. The molecule has 0 spiro atoms. The molecule has 1 fully saturated rings. The van der Waals surface area contributed by atoms with Gasteiger partial charge in [-0.1, -0.05) is 37.3 Å². The van der Waals surface area contributed by atoms with Gasteiger partial charge in [-0.2, -0.15) is 4.99 Å². The van der Waals surface area contributed by atoms with Gasteiger partial charge in [-0.15, -0.1) is 0 Å². The summed E-state index contributed by atoms with van der Waals surface area (Å²) in [5.41, 5.74) is 3.14. The first kappa shape index (κ1) is 13.9. The molecule has 0 radical (unpaired) electrons. The van der Waals surface area contributed by atoms with E-state index in [1.807, 2.05) is 43.3 Å². The van der Waals surface area contributed by atoms with E-state index in [2.05, 4.69) is 42.2 Å². The Bertz CT molecular complexity index is 1130. The van der Waals surface area contributed by atoms with E-state index in [4.69, 9.17) is 0 Å². The number of fused-ring (bicyclic) bond motifs is 6. The number of nitrogens with zero attached hydrogens (tertiary/aromatic N) is 4. The molecule has 1 amide bonds. The van der Waals surface area contributed by atoms with Crippen LogP contribution in [0.2, 0.25) is 0 Å². The van der Waals surface area contributed by atoms with Crippen molar-refractivity contribution in [2.24, 2.45) is 4.99 Å². The van der Waals surface area contributed by atoms with Crippen molar-refractivity contribution in [2.45, 2.75) is 25.2 Å². The summed E-state index contributed by atoms with van der Waals surface area (Å²) in [6, 6.07) is 16.2. The molecule has 3 aromatic rings. The van der Waals surface area contributed by atoms with Crippen molar-refractivity contribution in [3.63, 3.8) is 0 Å². The molecule has 2 aromatic carbocycles. The summed E-state index contributed by atoms with van der Waals surface area (Å²) in [7, 11) is 0. The normalized spacial score (nSPS) is 25.1. The zero-order chi connectivity index (χ0) is 17.5. The number of anilines is 1. The Morgan fingerprint density at radius 1 is 1.15 bits per heavy atom. The van der Waals surface area contributed by atoms with Crippen LogP contribution in [0.1, 0.15) is 25.1 Å². The Kier molecular flexibility index (Phi) is 2.37. The molecule has 3 aliphatic rings. The largest absolute Gasteiger partial charge is 0.354 e. The Morgan fingerprint density at radius 2 is 1.96 bits per heavy atom. The summed E-state index contributed by atoms with van der Waals surface area (Å²) >= 11 is 0. The number of aliphatic imine (C=N–C) groups is 1. The predicted octanol–water partition coefficient (Wildman–Crippen LogP) is 2.55. The van der Waals surface area contributed by atoms with Gasteiger partial charge in [0.25, 0.3) is 5.91 Å². The molecule has 0 saturated carbocycles. The van der Waals surface area contributed by atoms with Crippen LogP contribution in [-0.4, -0.2) is 32.0 Å². The minimum absolute atomic E-state index is 0.0756. The number of hydrogen-bond acceptors (Lipinski definition) is 5. The van der Waals surface area contributed by atoms with Gasteiger partial charge in [-0.3, -0.25) is 19.6 Å². The van der Waals surface area contributed by atoms with Crippen molar-refractivity contribution >= 4 is 34.5 Å². The van der Waals surface area contributed by atoms with Crippen molar-refractivity contribution in [3.05, 3.63) is 54.1 Å². The molecule has 1 saturated heterocycles. The number of hydrogen-bond donors (Lipinski definition) is 2. The molecule has 0 bridgehead atoms. The summed E-state index contributed by atoms with van der Waals surface area (Å²) in [4.78, 5) is 24.3. The lowest BCUT2D eigenvalue weighted by Crippen LogP contribution is -2.61. The Balaban J connectivity index is 1.74. The van der Waals surface area contributed by atoms with Crippen molar-refractivity contribution in [2.75, 3.05) is 5.32 Å². The molecule has 128 valence electrons. The average Bonchev–Trinajstić information content (AvgIpc) is 3.17. The summed E-state index contributed by atoms with van der Waals surface area (Å²) in [5.74, 6) is 1.10. The van der Waals surface area contributed by atoms with E-state index in [1.54, 1.807) is 0 Å². The number of amides is 1. The van der Waals surface area contributed by atoms with Gasteiger partial charge in [-0.25, -0.2) is 4.98 Å². The average molecular weight is 344 g/mol. The minimum Gasteiger partial charge on any atom is -0.354 e. The summed E-state index contributed by atoms with van der Waals surface area (Å²) in [5, 5.41) is 6.43. The molecule has 3 aliphatic heterocycles. The maximum Gasteiger partial charge on any atom is 0.273 e. The van der Waals surface area contributed by atoms with E-state index in [9.17, 15) is 4.79 Å². The summed E-state index contributed by atoms with van der Waals surface area (Å²) < 4.78 is 2.13. The zero-order valence-corrected chi connectivity index (χ0v) is 14.1. The van der Waals surface area contributed by atoms with E-state index in [-0.39, 0.29) is 12.1 Å². The first-order valence-electron chi connectivity index (χ1n) is 8.76. The third-order valence-electron chi connectivity index (χ3n) is 5.60. The van der Waals surface area contributed by atoms with Gasteiger partial charge < -0.3 is 5.32 Å². The lowest BCUT2D eigenvalue weighted by atomic mass is 9.95. The topological polar surface area (TPSA) is 74.5 Å². The molecule has 26 heavy (non-hydrogen) atoms. The van der Waals surface area contributed by atoms with Crippen LogP contribution >= 0.6 is 0 Å². The van der Waals surface area contributed by atoms with Gasteiger partial charge in [-0.05, 0) is 24.6 Å². The van der Waals surface area contributed by atoms with Crippen molar-refractivity contribution in [1.82, 2.24) is 19.8 Å². The molecule has 6 rings (SSSR count). The highest BCUT2D eigenvalue weighted by Gasteiger charge is 2.58. The molecule has 7 nitrogen and oxygen atoms in total. The molecule has 2 unspecified atom stereocenters. The SMILES string of the molecule is CCC12Nc3ccccc3C3N1C(=Nc1nc4ccccc4n13)NC2=O. The fourth-order valence-electron chi connectivity index (χ4n) is 4.40. The summed E-state index contributed by atoms with van der Waals surface area (Å²) in [6.07, 6.45) is 0.436. The highest BCUT2D eigenvalue weighted by molar-refractivity contribution is 6.12. The maximum absolute atomic E-state index is 12.9. The van der Waals surface area contributed by atoms with E-state index < -0.39 is 5.66 Å². The van der Waals surface area contributed by atoms with Crippen LogP contribution in [0.4, 0.5) is 11.6 Å². The number of rotatable bonds is 1. The third kappa shape index (κ3) is 1.43. The lowest BCUT2D eigenvalue weighted by molar-refractivity contribution is -0.126. The van der Waals surface area contributed by atoms with Gasteiger partial charge in [0.2, 0.25) is 11.9 Å². The predicted molar refractivity (Wildman–Crippen MR) is 98.0 cm³/mol. The van der Waals surface area contributed by atoms with E-state index in [0.717, 1.165) is 22.3 Å². The lowest BCUT2D eigenvalue weighted by Gasteiger charge is -2.48. The molecule has 2 N–H and O–H groups in total. The fraction of sp³-hybridized carbons (Fsp3) is 0.211. The first-order valence-corrected chi connectivity index (χ1v) is 8.76. The maximum atomic E-state index is 12.9. The minimum atomic E-state index is -0.846. The van der Waals surface area contributed by atoms with Crippen LogP contribution in [0, 0.1) is 0 Å². The van der Waals surface area contributed by atoms with Crippen molar-refractivity contribution in [3.8, 4) is 0 Å². The number of carbonyl (C=O) groups is 1. The van der Waals surface area contributed by atoms with Gasteiger partial charge >= 0.3 is 0 Å². The second kappa shape index (κ2) is 4.43. The highest BCUT2D eigenvalue weighted by atomic mass is 16.2. The Labute approximate surface area is 149 Å². The Hall–Kier alpha value is -3.35. The number of carbonyl (C=O) groups excluding carboxylic acids is 1. The van der Waals surface area contributed by atoms with Crippen LogP contribution in [0.25, 0.3) is 11.0 Å². The monoisotopic (exact) mass is 344 g/mol. The van der Waals surface area contributed by atoms with E-state index in [1.165, 1.54) is 0 Å². The van der Waals surface area contributed by atoms with Gasteiger partial charge in [0.05, 0.1) is 11.0 Å². The molecule has 7 heteroatoms. The molecule has 4 heterocycles.